The van der Waals surface area contributed by atoms with Crippen LogP contribution in [0.2, 0.25) is 0 Å². The lowest BCUT2D eigenvalue weighted by Gasteiger charge is -2.30. The minimum Gasteiger partial charge on any atom is -0.373 e. The van der Waals surface area contributed by atoms with Crippen LogP contribution in [0.3, 0.4) is 0 Å². The van der Waals surface area contributed by atoms with E-state index >= 15 is 0 Å². The molecule has 1 heterocycles. The molecule has 1 aliphatic rings. The van der Waals surface area contributed by atoms with Gasteiger partial charge in [0.1, 0.15) is 5.82 Å². The summed E-state index contributed by atoms with van der Waals surface area (Å²) >= 11 is 0. The second kappa shape index (κ2) is 5.27. The maximum absolute atomic E-state index is 12.8. The molecule has 1 aromatic rings. The monoisotopic (exact) mass is 237 g/mol. The van der Waals surface area contributed by atoms with Crippen molar-refractivity contribution in [1.82, 2.24) is 5.32 Å². The van der Waals surface area contributed by atoms with Gasteiger partial charge in [-0.05, 0) is 30.5 Å². The lowest BCUT2D eigenvalue weighted by molar-refractivity contribution is -0.120. The zero-order valence-corrected chi connectivity index (χ0v) is 9.78. The Morgan fingerprint density at radius 1 is 1.41 bits per heavy atom. The predicted molar refractivity (Wildman–Crippen MR) is 61.9 cm³/mol. The molecule has 1 saturated heterocycles. The Labute approximate surface area is 100.0 Å². The molecule has 0 aliphatic carbocycles. The van der Waals surface area contributed by atoms with Crippen LogP contribution in [0.1, 0.15) is 31.4 Å². The van der Waals surface area contributed by atoms with Gasteiger partial charge in [0.2, 0.25) is 5.91 Å². The van der Waals surface area contributed by atoms with E-state index in [9.17, 15) is 9.18 Å². The summed E-state index contributed by atoms with van der Waals surface area (Å²) in [7, 11) is 0. The molecule has 1 N–H and O–H groups in total. The number of nitrogens with one attached hydrogen (secondary N) is 1. The summed E-state index contributed by atoms with van der Waals surface area (Å²) in [5.41, 5.74) is 0.960. The van der Waals surface area contributed by atoms with Crippen molar-refractivity contribution < 1.29 is 13.9 Å². The van der Waals surface area contributed by atoms with Crippen molar-refractivity contribution in [3.63, 3.8) is 0 Å². The van der Waals surface area contributed by atoms with Gasteiger partial charge < -0.3 is 10.1 Å². The molecule has 2 atom stereocenters. The third kappa shape index (κ3) is 3.27. The number of hydrogen-bond donors (Lipinski definition) is 1. The Morgan fingerprint density at radius 3 is 2.76 bits per heavy atom. The highest BCUT2D eigenvalue weighted by Gasteiger charge is 2.24. The second-order valence-corrected chi connectivity index (χ2v) is 4.33. The standard InChI is InChI=1S/C13H16FNO2/c1-9(16)15-12-6-7-17-13(8-12)10-2-4-11(14)5-3-10/h2-5,12-13H,6-8H2,1H3,(H,15,16). The number of hydrogen-bond acceptors (Lipinski definition) is 2. The summed E-state index contributed by atoms with van der Waals surface area (Å²) < 4.78 is 18.4. The molecule has 0 radical (unpaired) electrons. The lowest BCUT2D eigenvalue weighted by atomic mass is 9.97. The topological polar surface area (TPSA) is 38.3 Å². The fourth-order valence-electron chi connectivity index (χ4n) is 2.13. The first-order valence-electron chi connectivity index (χ1n) is 5.79. The van der Waals surface area contributed by atoms with Crippen molar-refractivity contribution in [3.05, 3.63) is 35.6 Å². The van der Waals surface area contributed by atoms with E-state index in [1.165, 1.54) is 19.1 Å². The van der Waals surface area contributed by atoms with Crippen LogP contribution in [0, 0.1) is 5.82 Å². The van der Waals surface area contributed by atoms with Gasteiger partial charge in [0.05, 0.1) is 6.10 Å². The summed E-state index contributed by atoms with van der Waals surface area (Å²) in [5, 5.41) is 2.90. The molecule has 17 heavy (non-hydrogen) atoms. The van der Waals surface area contributed by atoms with Crippen LogP contribution >= 0.6 is 0 Å². The predicted octanol–water partition coefficient (Wildman–Crippen LogP) is 2.18. The van der Waals surface area contributed by atoms with Crippen molar-refractivity contribution in [2.24, 2.45) is 0 Å². The minimum atomic E-state index is -0.247. The third-order valence-corrected chi connectivity index (χ3v) is 2.93. The fourth-order valence-corrected chi connectivity index (χ4v) is 2.13. The van der Waals surface area contributed by atoms with Crippen LogP contribution < -0.4 is 5.32 Å². The zero-order chi connectivity index (χ0) is 12.3. The molecule has 2 unspecified atom stereocenters. The van der Waals surface area contributed by atoms with E-state index in [0.29, 0.717) is 6.61 Å². The van der Waals surface area contributed by atoms with Crippen molar-refractivity contribution in [2.75, 3.05) is 6.61 Å². The highest BCUT2D eigenvalue weighted by molar-refractivity contribution is 5.73. The Balaban J connectivity index is 2.01. The Morgan fingerprint density at radius 2 is 2.12 bits per heavy atom. The van der Waals surface area contributed by atoms with E-state index in [1.54, 1.807) is 12.1 Å². The number of ether oxygens (including phenoxy) is 1. The van der Waals surface area contributed by atoms with Gasteiger partial charge in [0.15, 0.2) is 0 Å². The van der Waals surface area contributed by atoms with Gasteiger partial charge in [-0.2, -0.15) is 0 Å². The molecule has 1 aliphatic heterocycles. The molecule has 1 fully saturated rings. The quantitative estimate of drug-likeness (QED) is 0.856. The number of rotatable bonds is 2. The summed E-state index contributed by atoms with van der Waals surface area (Å²) in [6.45, 7) is 2.13. The molecule has 0 bridgehead atoms. The SMILES string of the molecule is CC(=O)NC1CCOC(c2ccc(F)cc2)C1. The smallest absolute Gasteiger partial charge is 0.217 e. The van der Waals surface area contributed by atoms with Crippen LogP contribution in [0.25, 0.3) is 0 Å². The number of halogens is 1. The van der Waals surface area contributed by atoms with Crippen LogP contribution in [-0.2, 0) is 9.53 Å². The summed E-state index contributed by atoms with van der Waals surface area (Å²) in [6, 6.07) is 6.48. The first kappa shape index (κ1) is 12.0. The average molecular weight is 237 g/mol. The molecular formula is C13H16FNO2. The maximum Gasteiger partial charge on any atom is 0.217 e. The van der Waals surface area contributed by atoms with Crippen molar-refractivity contribution >= 4 is 5.91 Å². The van der Waals surface area contributed by atoms with E-state index < -0.39 is 0 Å². The Hall–Kier alpha value is -1.42. The van der Waals surface area contributed by atoms with E-state index in [0.717, 1.165) is 18.4 Å². The molecule has 92 valence electrons. The highest BCUT2D eigenvalue weighted by atomic mass is 19.1. The molecule has 0 saturated carbocycles. The van der Waals surface area contributed by atoms with Gasteiger partial charge in [-0.15, -0.1) is 0 Å². The van der Waals surface area contributed by atoms with Crippen LogP contribution in [0.15, 0.2) is 24.3 Å². The van der Waals surface area contributed by atoms with Crippen molar-refractivity contribution in [1.29, 1.82) is 0 Å². The highest BCUT2D eigenvalue weighted by Crippen LogP contribution is 2.28. The van der Waals surface area contributed by atoms with Crippen LogP contribution in [-0.4, -0.2) is 18.6 Å². The lowest BCUT2D eigenvalue weighted by Crippen LogP contribution is -2.38. The fraction of sp³-hybridized carbons (Fsp3) is 0.462. The van der Waals surface area contributed by atoms with E-state index in [1.807, 2.05) is 0 Å². The van der Waals surface area contributed by atoms with Crippen LogP contribution in [0.4, 0.5) is 4.39 Å². The van der Waals surface area contributed by atoms with E-state index in [2.05, 4.69) is 5.32 Å². The minimum absolute atomic E-state index is 0.0187. The molecule has 1 aromatic carbocycles. The molecule has 1 amide bonds. The maximum atomic E-state index is 12.8. The van der Waals surface area contributed by atoms with Crippen molar-refractivity contribution in [2.45, 2.75) is 31.9 Å². The molecular weight excluding hydrogens is 221 g/mol. The number of carbonyl (C=O) groups is 1. The van der Waals surface area contributed by atoms with Crippen LogP contribution in [0.5, 0.6) is 0 Å². The third-order valence-electron chi connectivity index (χ3n) is 2.93. The zero-order valence-electron chi connectivity index (χ0n) is 9.78. The first-order valence-corrected chi connectivity index (χ1v) is 5.79. The molecule has 4 heteroatoms. The Bertz CT molecular complexity index is 391. The number of carbonyl (C=O) groups excluding carboxylic acids is 1. The largest absolute Gasteiger partial charge is 0.373 e. The normalized spacial score (nSPS) is 24.4. The van der Waals surface area contributed by atoms with Gasteiger partial charge >= 0.3 is 0 Å². The molecule has 0 aromatic heterocycles. The summed E-state index contributed by atoms with van der Waals surface area (Å²) in [5.74, 6) is -0.266. The summed E-state index contributed by atoms with van der Waals surface area (Å²) in [4.78, 5) is 11.0. The van der Waals surface area contributed by atoms with Gasteiger partial charge in [-0.25, -0.2) is 4.39 Å². The molecule has 0 spiro atoms. The van der Waals surface area contributed by atoms with Gasteiger partial charge in [0.25, 0.3) is 0 Å². The number of amides is 1. The Kier molecular flexibility index (Phi) is 3.74. The number of benzene rings is 1. The second-order valence-electron chi connectivity index (χ2n) is 4.33. The van der Waals surface area contributed by atoms with E-state index in [-0.39, 0.29) is 23.9 Å². The van der Waals surface area contributed by atoms with Crippen molar-refractivity contribution in [3.8, 4) is 0 Å². The summed E-state index contributed by atoms with van der Waals surface area (Å²) in [6.07, 6.45) is 1.52. The molecule has 3 nitrogen and oxygen atoms in total. The van der Waals surface area contributed by atoms with Gasteiger partial charge in [0, 0.05) is 19.6 Å². The van der Waals surface area contributed by atoms with E-state index in [4.69, 9.17) is 4.74 Å². The first-order chi connectivity index (χ1) is 8.15. The molecule has 2 rings (SSSR count). The average Bonchev–Trinajstić information content (AvgIpc) is 2.29. The van der Waals surface area contributed by atoms with Gasteiger partial charge in [-0.1, -0.05) is 12.1 Å². The van der Waals surface area contributed by atoms with Gasteiger partial charge in [-0.3, -0.25) is 4.79 Å².